The fourth-order valence-corrected chi connectivity index (χ4v) is 3.38. The molecule has 0 unspecified atom stereocenters. The number of rotatable bonds is 4. The van der Waals surface area contributed by atoms with Gasteiger partial charge in [0.05, 0.1) is 30.3 Å². The number of hydrogen-bond donors (Lipinski definition) is 1. The van der Waals surface area contributed by atoms with Crippen LogP contribution in [0.15, 0.2) is 66.9 Å². The van der Waals surface area contributed by atoms with Crippen LogP contribution in [0, 0.1) is 5.82 Å². The first kappa shape index (κ1) is 18.6. The molecule has 4 aromatic rings. The van der Waals surface area contributed by atoms with E-state index in [4.69, 9.17) is 19.4 Å². The van der Waals surface area contributed by atoms with Crippen molar-refractivity contribution in [2.24, 2.45) is 0 Å². The molecule has 150 valence electrons. The molecule has 1 aliphatic heterocycles. The smallest absolute Gasteiger partial charge is 0.217 e. The summed E-state index contributed by atoms with van der Waals surface area (Å²) in [7, 11) is 0. The molecule has 5 rings (SSSR count). The van der Waals surface area contributed by atoms with Gasteiger partial charge in [-0.1, -0.05) is 30.3 Å². The molecule has 7 heteroatoms. The highest BCUT2D eigenvalue weighted by atomic mass is 19.1. The van der Waals surface area contributed by atoms with Crippen LogP contribution in [-0.4, -0.2) is 33.1 Å². The third-order valence-electron chi connectivity index (χ3n) is 4.83. The molecule has 1 N–H and O–H groups in total. The van der Waals surface area contributed by atoms with Crippen molar-refractivity contribution < 1.29 is 13.9 Å². The van der Waals surface area contributed by atoms with Gasteiger partial charge in [-0.25, -0.2) is 19.3 Å². The SMILES string of the molecule is Fc1ccc(-c2nc(C3OCCCO3)[nH]c2-c2ccnc(-c3ccccc3)n2)cc1. The molecule has 0 aliphatic carbocycles. The third-order valence-corrected chi connectivity index (χ3v) is 4.83. The van der Waals surface area contributed by atoms with Gasteiger partial charge in [0, 0.05) is 17.3 Å². The topological polar surface area (TPSA) is 72.9 Å². The van der Waals surface area contributed by atoms with Crippen molar-refractivity contribution >= 4 is 0 Å². The number of ether oxygens (including phenoxy) is 2. The Labute approximate surface area is 172 Å². The molecule has 2 aromatic heterocycles. The molecular formula is C23H19FN4O2. The Morgan fingerprint density at radius 3 is 2.40 bits per heavy atom. The van der Waals surface area contributed by atoms with Crippen molar-refractivity contribution in [1.29, 1.82) is 0 Å². The Bertz CT molecular complexity index is 1140. The van der Waals surface area contributed by atoms with Crippen LogP contribution in [-0.2, 0) is 9.47 Å². The van der Waals surface area contributed by atoms with Gasteiger partial charge in [-0.2, -0.15) is 0 Å². The van der Waals surface area contributed by atoms with Crippen LogP contribution < -0.4 is 0 Å². The maximum Gasteiger partial charge on any atom is 0.217 e. The van der Waals surface area contributed by atoms with E-state index in [9.17, 15) is 4.39 Å². The Kier molecular flexibility index (Phi) is 5.04. The van der Waals surface area contributed by atoms with E-state index in [2.05, 4.69) is 9.97 Å². The van der Waals surface area contributed by atoms with Gasteiger partial charge < -0.3 is 14.5 Å². The van der Waals surface area contributed by atoms with Crippen LogP contribution in [0.3, 0.4) is 0 Å². The van der Waals surface area contributed by atoms with Crippen molar-refractivity contribution in [3.63, 3.8) is 0 Å². The van der Waals surface area contributed by atoms with Crippen molar-refractivity contribution in [3.05, 3.63) is 78.5 Å². The van der Waals surface area contributed by atoms with E-state index in [0.29, 0.717) is 41.9 Å². The average molecular weight is 402 g/mol. The van der Waals surface area contributed by atoms with Gasteiger partial charge in [0.2, 0.25) is 6.29 Å². The van der Waals surface area contributed by atoms with Gasteiger partial charge in [0.25, 0.3) is 0 Å². The minimum Gasteiger partial charge on any atom is -0.346 e. The Balaban J connectivity index is 1.61. The lowest BCUT2D eigenvalue weighted by atomic mass is 10.1. The fourth-order valence-electron chi connectivity index (χ4n) is 3.38. The summed E-state index contributed by atoms with van der Waals surface area (Å²) >= 11 is 0. The molecule has 1 saturated heterocycles. The number of hydrogen-bond acceptors (Lipinski definition) is 5. The van der Waals surface area contributed by atoms with Crippen LogP contribution >= 0.6 is 0 Å². The van der Waals surface area contributed by atoms with Crippen LogP contribution in [0.5, 0.6) is 0 Å². The second kappa shape index (κ2) is 8.14. The van der Waals surface area contributed by atoms with E-state index in [1.54, 1.807) is 18.3 Å². The summed E-state index contributed by atoms with van der Waals surface area (Å²) in [5, 5.41) is 0. The molecule has 2 aromatic carbocycles. The first-order valence-corrected chi connectivity index (χ1v) is 9.76. The summed E-state index contributed by atoms with van der Waals surface area (Å²) < 4.78 is 24.9. The van der Waals surface area contributed by atoms with Crippen LogP contribution in [0.2, 0.25) is 0 Å². The van der Waals surface area contributed by atoms with Gasteiger partial charge in [0.1, 0.15) is 5.82 Å². The summed E-state index contributed by atoms with van der Waals surface area (Å²) in [5.41, 5.74) is 3.72. The normalized spacial score (nSPS) is 14.7. The minimum atomic E-state index is -0.567. The molecule has 30 heavy (non-hydrogen) atoms. The fraction of sp³-hybridized carbons (Fsp3) is 0.174. The number of nitrogens with zero attached hydrogens (tertiary/aromatic N) is 3. The molecule has 0 spiro atoms. The Hall–Kier alpha value is -3.42. The van der Waals surface area contributed by atoms with Gasteiger partial charge in [-0.05, 0) is 36.8 Å². The molecule has 1 aliphatic rings. The highest BCUT2D eigenvalue weighted by Gasteiger charge is 2.24. The predicted octanol–water partition coefficient (Wildman–Crippen LogP) is 4.78. The second-order valence-corrected chi connectivity index (χ2v) is 6.91. The Morgan fingerprint density at radius 1 is 0.867 bits per heavy atom. The van der Waals surface area contributed by atoms with Crippen molar-refractivity contribution in [3.8, 4) is 34.0 Å². The Morgan fingerprint density at radius 2 is 1.63 bits per heavy atom. The lowest BCUT2D eigenvalue weighted by Crippen LogP contribution is -2.18. The summed E-state index contributed by atoms with van der Waals surface area (Å²) in [6.07, 6.45) is 2.00. The summed E-state index contributed by atoms with van der Waals surface area (Å²) in [6.45, 7) is 1.22. The van der Waals surface area contributed by atoms with Gasteiger partial charge in [0.15, 0.2) is 11.6 Å². The van der Waals surface area contributed by atoms with Crippen molar-refractivity contribution in [2.45, 2.75) is 12.7 Å². The van der Waals surface area contributed by atoms with Crippen molar-refractivity contribution in [2.75, 3.05) is 13.2 Å². The molecule has 0 saturated carbocycles. The number of aromatic amines is 1. The lowest BCUT2D eigenvalue weighted by Gasteiger charge is -2.21. The number of benzene rings is 2. The van der Waals surface area contributed by atoms with E-state index < -0.39 is 6.29 Å². The highest BCUT2D eigenvalue weighted by molar-refractivity contribution is 5.77. The number of halogens is 1. The number of imidazole rings is 1. The molecule has 0 amide bonds. The molecule has 0 atom stereocenters. The number of aromatic nitrogens is 4. The minimum absolute atomic E-state index is 0.302. The molecule has 1 fully saturated rings. The quantitative estimate of drug-likeness (QED) is 0.532. The highest BCUT2D eigenvalue weighted by Crippen LogP contribution is 2.33. The first-order chi connectivity index (χ1) is 14.8. The predicted molar refractivity (Wildman–Crippen MR) is 110 cm³/mol. The third kappa shape index (κ3) is 3.72. The molecular weight excluding hydrogens is 383 g/mol. The van der Waals surface area contributed by atoms with E-state index in [1.807, 2.05) is 36.4 Å². The molecule has 3 heterocycles. The zero-order chi connectivity index (χ0) is 20.3. The average Bonchev–Trinajstić information content (AvgIpc) is 3.26. The summed E-state index contributed by atoms with van der Waals surface area (Å²) in [5.74, 6) is 0.867. The van der Waals surface area contributed by atoms with Crippen LogP contribution in [0.1, 0.15) is 18.5 Å². The number of H-pyrrole nitrogens is 1. The monoisotopic (exact) mass is 402 g/mol. The van der Waals surface area contributed by atoms with Gasteiger partial charge >= 0.3 is 0 Å². The van der Waals surface area contributed by atoms with Gasteiger partial charge in [-0.3, -0.25) is 0 Å². The zero-order valence-corrected chi connectivity index (χ0v) is 16.1. The maximum absolute atomic E-state index is 13.5. The van der Waals surface area contributed by atoms with Crippen LogP contribution in [0.25, 0.3) is 34.0 Å². The molecule has 6 nitrogen and oxygen atoms in total. The summed E-state index contributed by atoms with van der Waals surface area (Å²) in [6, 6.07) is 17.8. The van der Waals surface area contributed by atoms with Crippen molar-refractivity contribution in [1.82, 2.24) is 19.9 Å². The zero-order valence-electron chi connectivity index (χ0n) is 16.1. The van der Waals surface area contributed by atoms with E-state index in [-0.39, 0.29) is 5.82 Å². The maximum atomic E-state index is 13.5. The standard InChI is InChI=1S/C23H19FN4O2/c24-17-9-7-15(8-10-17)19-20(28-22(27-19)23-29-13-4-14-30-23)18-11-12-25-21(26-18)16-5-2-1-3-6-16/h1-3,5-12,23H,4,13-14H2,(H,27,28). The number of nitrogens with one attached hydrogen (secondary N) is 1. The largest absolute Gasteiger partial charge is 0.346 e. The lowest BCUT2D eigenvalue weighted by molar-refractivity contribution is -0.186. The second-order valence-electron chi connectivity index (χ2n) is 6.91. The van der Waals surface area contributed by atoms with Crippen LogP contribution in [0.4, 0.5) is 4.39 Å². The molecule has 0 radical (unpaired) electrons. The van der Waals surface area contributed by atoms with E-state index in [0.717, 1.165) is 17.5 Å². The van der Waals surface area contributed by atoms with E-state index >= 15 is 0 Å². The first-order valence-electron chi connectivity index (χ1n) is 9.76. The molecule has 0 bridgehead atoms. The van der Waals surface area contributed by atoms with Gasteiger partial charge in [-0.15, -0.1) is 0 Å². The summed E-state index contributed by atoms with van der Waals surface area (Å²) in [4.78, 5) is 17.2. The van der Waals surface area contributed by atoms with E-state index in [1.165, 1.54) is 12.1 Å².